The third-order valence-electron chi connectivity index (χ3n) is 4.71. The summed E-state index contributed by atoms with van der Waals surface area (Å²) >= 11 is 0. The van der Waals surface area contributed by atoms with E-state index < -0.39 is 5.60 Å². The van der Waals surface area contributed by atoms with Gasteiger partial charge in [0, 0.05) is 0 Å². The van der Waals surface area contributed by atoms with Crippen LogP contribution in [-0.4, -0.2) is 22.4 Å². The molecule has 2 heteroatoms. The van der Waals surface area contributed by atoms with Crippen molar-refractivity contribution in [3.8, 4) is 0 Å². The second-order valence-corrected chi connectivity index (χ2v) is 6.59. The Morgan fingerprint density at radius 2 is 2.00 bits per heavy atom. The maximum absolute atomic E-state index is 9.97. The lowest BCUT2D eigenvalue weighted by Crippen LogP contribution is -2.55. The van der Waals surface area contributed by atoms with Gasteiger partial charge in [0.05, 0.1) is 17.3 Å². The van der Waals surface area contributed by atoms with Gasteiger partial charge >= 0.3 is 0 Å². The fourth-order valence-corrected chi connectivity index (χ4v) is 3.30. The second-order valence-electron chi connectivity index (χ2n) is 6.59. The third-order valence-corrected chi connectivity index (χ3v) is 4.71. The fourth-order valence-electron chi connectivity index (χ4n) is 3.30. The molecule has 17 heavy (non-hydrogen) atoms. The van der Waals surface area contributed by atoms with E-state index >= 15 is 0 Å². The summed E-state index contributed by atoms with van der Waals surface area (Å²) in [5.41, 5.74) is 1.06. The monoisotopic (exact) mass is 238 g/mol. The zero-order valence-electron chi connectivity index (χ0n) is 11.6. The van der Waals surface area contributed by atoms with Gasteiger partial charge in [-0.1, -0.05) is 11.6 Å². The number of aliphatic hydroxyl groups is 1. The number of ether oxygens (including phenoxy) is 1. The lowest BCUT2D eigenvalue weighted by Gasteiger charge is -2.50. The largest absolute Gasteiger partial charge is 0.390 e. The lowest BCUT2D eigenvalue weighted by molar-refractivity contribution is -0.233. The second kappa shape index (κ2) is 4.40. The van der Waals surface area contributed by atoms with Gasteiger partial charge in [0.2, 0.25) is 0 Å². The molecule has 1 heterocycles. The van der Waals surface area contributed by atoms with Crippen LogP contribution >= 0.6 is 0 Å². The van der Waals surface area contributed by atoms with Crippen LogP contribution in [0.2, 0.25) is 0 Å². The summed E-state index contributed by atoms with van der Waals surface area (Å²) in [6.07, 6.45) is 7.45. The van der Waals surface area contributed by atoms with Crippen LogP contribution in [0.5, 0.6) is 0 Å². The molecule has 0 aromatic rings. The van der Waals surface area contributed by atoms with Crippen molar-refractivity contribution in [2.24, 2.45) is 5.92 Å². The van der Waals surface area contributed by atoms with Crippen molar-refractivity contribution in [2.45, 2.75) is 77.1 Å². The van der Waals surface area contributed by atoms with E-state index in [1.807, 2.05) is 13.8 Å². The fraction of sp³-hybridized carbons (Fsp3) is 0.867. The molecule has 0 radical (unpaired) electrons. The van der Waals surface area contributed by atoms with Crippen molar-refractivity contribution in [3.63, 3.8) is 0 Å². The van der Waals surface area contributed by atoms with Crippen LogP contribution in [0.25, 0.3) is 0 Å². The number of allylic oxidation sites excluding steroid dienone is 2. The Kier molecular flexibility index (Phi) is 3.39. The predicted octanol–water partition coefficient (Wildman–Crippen LogP) is 3.44. The van der Waals surface area contributed by atoms with Gasteiger partial charge < -0.3 is 9.84 Å². The highest BCUT2D eigenvalue weighted by molar-refractivity contribution is 5.07. The van der Waals surface area contributed by atoms with E-state index in [4.69, 9.17) is 4.74 Å². The molecule has 2 unspecified atom stereocenters. The molecular formula is C15H26O2. The van der Waals surface area contributed by atoms with Crippen molar-refractivity contribution < 1.29 is 9.84 Å². The quantitative estimate of drug-likeness (QED) is 0.709. The van der Waals surface area contributed by atoms with Crippen molar-refractivity contribution in [1.82, 2.24) is 0 Å². The standard InChI is InChI=1S/C15H26O2/c1-11-5-7-12(8-6-11)15(4)10-9-13(16)14(2,3)17-15/h5,12-13,16H,6-10H2,1-4H3/t12?,13-,15?/m1/s1. The molecule has 98 valence electrons. The first-order chi connectivity index (χ1) is 7.83. The van der Waals surface area contributed by atoms with Gasteiger partial charge in [-0.2, -0.15) is 0 Å². The van der Waals surface area contributed by atoms with Crippen molar-refractivity contribution >= 4 is 0 Å². The van der Waals surface area contributed by atoms with Crippen LogP contribution in [0.1, 0.15) is 59.8 Å². The molecule has 1 aliphatic heterocycles. The van der Waals surface area contributed by atoms with Crippen LogP contribution < -0.4 is 0 Å². The van der Waals surface area contributed by atoms with Gasteiger partial charge in [-0.05, 0) is 65.7 Å². The summed E-state index contributed by atoms with van der Waals surface area (Å²) in [5.74, 6) is 0.609. The molecule has 0 bridgehead atoms. The minimum atomic E-state index is -0.400. The summed E-state index contributed by atoms with van der Waals surface area (Å²) in [7, 11) is 0. The number of hydrogen-bond donors (Lipinski definition) is 1. The molecule has 0 saturated carbocycles. The predicted molar refractivity (Wildman–Crippen MR) is 69.9 cm³/mol. The van der Waals surface area contributed by atoms with Gasteiger partial charge in [0.15, 0.2) is 0 Å². The smallest absolute Gasteiger partial charge is 0.0891 e. The third kappa shape index (κ3) is 2.58. The number of hydrogen-bond acceptors (Lipinski definition) is 2. The Morgan fingerprint density at radius 1 is 1.29 bits per heavy atom. The molecule has 2 aliphatic rings. The van der Waals surface area contributed by atoms with E-state index in [-0.39, 0.29) is 11.7 Å². The molecule has 0 spiro atoms. The lowest BCUT2D eigenvalue weighted by atomic mass is 9.73. The molecule has 1 saturated heterocycles. The van der Waals surface area contributed by atoms with Crippen LogP contribution in [-0.2, 0) is 4.74 Å². The molecule has 3 atom stereocenters. The summed E-state index contributed by atoms with van der Waals surface area (Å²) in [5, 5.41) is 9.97. The number of aliphatic hydroxyl groups excluding tert-OH is 1. The van der Waals surface area contributed by atoms with E-state index in [1.54, 1.807) is 0 Å². The molecule has 0 aromatic carbocycles. The van der Waals surface area contributed by atoms with Crippen molar-refractivity contribution in [2.75, 3.05) is 0 Å². The minimum Gasteiger partial charge on any atom is -0.390 e. The first-order valence-corrected chi connectivity index (χ1v) is 6.87. The summed E-state index contributed by atoms with van der Waals surface area (Å²) in [4.78, 5) is 0. The molecule has 0 amide bonds. The molecule has 2 rings (SSSR count). The first kappa shape index (κ1) is 13.1. The van der Waals surface area contributed by atoms with E-state index in [1.165, 1.54) is 18.4 Å². The summed E-state index contributed by atoms with van der Waals surface area (Å²) < 4.78 is 6.27. The average Bonchev–Trinajstić information content (AvgIpc) is 2.24. The van der Waals surface area contributed by atoms with E-state index in [2.05, 4.69) is 19.9 Å². The van der Waals surface area contributed by atoms with E-state index in [9.17, 15) is 5.11 Å². The van der Waals surface area contributed by atoms with Crippen LogP contribution in [0, 0.1) is 5.92 Å². The Bertz CT molecular complexity index is 319. The molecule has 2 nitrogen and oxygen atoms in total. The van der Waals surface area contributed by atoms with Gasteiger partial charge in [-0.15, -0.1) is 0 Å². The highest BCUT2D eigenvalue weighted by atomic mass is 16.5. The Labute approximate surface area is 105 Å². The zero-order valence-corrected chi connectivity index (χ0v) is 11.6. The molecule has 1 fully saturated rings. The van der Waals surface area contributed by atoms with Gasteiger partial charge in [-0.25, -0.2) is 0 Å². The van der Waals surface area contributed by atoms with Gasteiger partial charge in [0.1, 0.15) is 0 Å². The normalized spacial score (nSPS) is 42.1. The molecule has 0 aromatic heterocycles. The topological polar surface area (TPSA) is 29.5 Å². The Hall–Kier alpha value is -0.340. The van der Waals surface area contributed by atoms with E-state index in [0.29, 0.717) is 5.92 Å². The summed E-state index contributed by atoms with van der Waals surface area (Å²) in [6.45, 7) is 8.48. The molecular weight excluding hydrogens is 212 g/mol. The molecule has 1 aliphatic carbocycles. The average molecular weight is 238 g/mol. The van der Waals surface area contributed by atoms with E-state index in [0.717, 1.165) is 19.3 Å². The Balaban J connectivity index is 2.10. The van der Waals surface area contributed by atoms with Gasteiger partial charge in [-0.3, -0.25) is 0 Å². The zero-order chi connectivity index (χ0) is 12.7. The minimum absolute atomic E-state index is 0.0556. The summed E-state index contributed by atoms with van der Waals surface area (Å²) in [6, 6.07) is 0. The van der Waals surface area contributed by atoms with Gasteiger partial charge in [0.25, 0.3) is 0 Å². The maximum Gasteiger partial charge on any atom is 0.0891 e. The van der Waals surface area contributed by atoms with Crippen molar-refractivity contribution in [1.29, 1.82) is 0 Å². The van der Waals surface area contributed by atoms with Crippen LogP contribution in [0.15, 0.2) is 11.6 Å². The number of rotatable bonds is 1. The Morgan fingerprint density at radius 3 is 2.53 bits per heavy atom. The molecule has 1 N–H and O–H groups in total. The van der Waals surface area contributed by atoms with Crippen LogP contribution in [0.4, 0.5) is 0 Å². The van der Waals surface area contributed by atoms with Crippen LogP contribution in [0.3, 0.4) is 0 Å². The first-order valence-electron chi connectivity index (χ1n) is 6.87. The highest BCUT2D eigenvalue weighted by Gasteiger charge is 2.46. The SMILES string of the molecule is CC1=CCC(C2(C)CC[C@@H](O)C(C)(C)O2)CC1. The highest BCUT2D eigenvalue weighted by Crippen LogP contribution is 2.44. The van der Waals surface area contributed by atoms with Crippen molar-refractivity contribution in [3.05, 3.63) is 11.6 Å². The maximum atomic E-state index is 9.97.